The summed E-state index contributed by atoms with van der Waals surface area (Å²) in [4.78, 5) is 13.8. The van der Waals surface area contributed by atoms with Gasteiger partial charge in [-0.3, -0.25) is 4.90 Å². The van der Waals surface area contributed by atoms with Crippen LogP contribution in [0.25, 0.3) is 32.8 Å². The highest BCUT2D eigenvalue weighted by atomic mass is 19.1. The number of rotatable bonds is 6. The Balaban J connectivity index is 1.26. The third-order valence-electron chi connectivity index (χ3n) is 11.1. The number of aromatic hydroxyl groups is 1. The lowest BCUT2D eigenvalue weighted by molar-refractivity contribution is -0.0396. The number of phenolic OH excluding ortho intramolecular Hbond substituents is 1. The Labute approximate surface area is 266 Å². The van der Waals surface area contributed by atoms with Gasteiger partial charge in [0.15, 0.2) is 5.82 Å². The van der Waals surface area contributed by atoms with E-state index in [1.54, 1.807) is 24.3 Å². The fraction of sp³-hybridized carbons (Fsp3) is 0.500. The van der Waals surface area contributed by atoms with Gasteiger partial charge in [-0.15, -0.1) is 0 Å². The zero-order valence-corrected chi connectivity index (χ0v) is 26.0. The summed E-state index contributed by atoms with van der Waals surface area (Å²) >= 11 is 0. The maximum atomic E-state index is 16.9. The molecule has 3 aromatic carbocycles. The van der Waals surface area contributed by atoms with E-state index < -0.39 is 17.5 Å². The number of hydrogen-bond acceptors (Lipinski definition) is 7. The Kier molecular flexibility index (Phi) is 7.10. The van der Waals surface area contributed by atoms with Gasteiger partial charge in [0, 0.05) is 37.0 Å². The van der Waals surface area contributed by atoms with Gasteiger partial charge < -0.3 is 19.8 Å². The second kappa shape index (κ2) is 11.0. The van der Waals surface area contributed by atoms with Crippen molar-refractivity contribution >= 4 is 27.5 Å². The minimum absolute atomic E-state index is 0.00114. The molecule has 8 rings (SSSR count). The molecule has 4 heterocycles. The zero-order valence-electron chi connectivity index (χ0n) is 26.0. The molecule has 4 fully saturated rings. The van der Waals surface area contributed by atoms with E-state index in [0.29, 0.717) is 59.0 Å². The van der Waals surface area contributed by atoms with E-state index in [-0.39, 0.29) is 46.8 Å². The summed E-state index contributed by atoms with van der Waals surface area (Å²) in [5.41, 5.74) is 0.679. The summed E-state index contributed by atoms with van der Waals surface area (Å²) in [6.07, 6.45) is 4.79. The first-order valence-electron chi connectivity index (χ1n) is 16.6. The average Bonchev–Trinajstić information content (AvgIpc) is 3.55. The number of fused-ring (bicyclic) bond motifs is 3. The van der Waals surface area contributed by atoms with Crippen LogP contribution in [0.2, 0.25) is 0 Å². The lowest BCUT2D eigenvalue weighted by atomic mass is 9.62. The molecule has 242 valence electrons. The number of aliphatic hydroxyl groups is 1. The van der Waals surface area contributed by atoms with Crippen molar-refractivity contribution in [1.29, 1.82) is 0 Å². The van der Waals surface area contributed by atoms with E-state index in [1.807, 2.05) is 6.92 Å². The van der Waals surface area contributed by atoms with Crippen molar-refractivity contribution in [3.63, 3.8) is 0 Å². The molecule has 4 aliphatic rings. The highest BCUT2D eigenvalue weighted by Gasteiger charge is 2.50. The number of aromatic nitrogens is 2. The standard InChI is InChI=1S/C36H39F3N4O3/c1-2-25-29(38)8-5-21-13-23(44)14-28(30(21)25)26-6-7-27-32(31(26)39)40-34(46-20-36-10-4-12-43(36)18-22(37)15-36)41-33(27)42-11-3-9-35(19-42)16-24(45)17-35/h5-8,13-14,22,24,44-45H,2-4,9-12,15-20H2,1H3/t22-,24?,35?,36+/m1/s1. The predicted molar refractivity (Wildman–Crippen MR) is 171 cm³/mol. The first-order valence-corrected chi connectivity index (χ1v) is 16.6. The van der Waals surface area contributed by atoms with E-state index in [9.17, 15) is 19.0 Å². The van der Waals surface area contributed by atoms with Crippen LogP contribution in [-0.4, -0.2) is 75.7 Å². The van der Waals surface area contributed by atoms with Crippen LogP contribution < -0.4 is 9.64 Å². The number of benzene rings is 3. The van der Waals surface area contributed by atoms with Gasteiger partial charge >= 0.3 is 6.01 Å². The Bertz CT molecular complexity index is 1840. The molecule has 46 heavy (non-hydrogen) atoms. The molecule has 3 saturated heterocycles. The van der Waals surface area contributed by atoms with E-state index >= 15 is 4.39 Å². The normalized spacial score (nSPS) is 27.9. The highest BCUT2D eigenvalue weighted by Crippen LogP contribution is 2.49. The van der Waals surface area contributed by atoms with Crippen molar-refractivity contribution in [2.45, 2.75) is 76.1 Å². The van der Waals surface area contributed by atoms with Gasteiger partial charge in [-0.1, -0.05) is 19.1 Å². The molecule has 1 spiro atoms. The van der Waals surface area contributed by atoms with Gasteiger partial charge in [-0.2, -0.15) is 9.97 Å². The lowest BCUT2D eigenvalue weighted by Gasteiger charge is -2.51. The molecule has 4 aromatic rings. The number of phenols is 1. The van der Waals surface area contributed by atoms with Crippen molar-refractivity contribution in [2.24, 2.45) is 5.41 Å². The van der Waals surface area contributed by atoms with Crippen LogP contribution in [0, 0.1) is 17.0 Å². The van der Waals surface area contributed by atoms with E-state index in [0.717, 1.165) is 51.6 Å². The van der Waals surface area contributed by atoms with Crippen LogP contribution in [0.1, 0.15) is 57.4 Å². The average molecular weight is 633 g/mol. The summed E-state index contributed by atoms with van der Waals surface area (Å²) in [5.74, 6) is -0.471. The minimum atomic E-state index is -0.908. The van der Waals surface area contributed by atoms with Crippen molar-refractivity contribution in [3.8, 4) is 22.9 Å². The summed E-state index contributed by atoms with van der Waals surface area (Å²) in [6, 6.07) is 9.50. The molecule has 0 unspecified atom stereocenters. The number of piperidine rings is 1. The molecule has 1 aliphatic carbocycles. The predicted octanol–water partition coefficient (Wildman–Crippen LogP) is 6.69. The fourth-order valence-electron chi connectivity index (χ4n) is 9.01. The van der Waals surface area contributed by atoms with Gasteiger partial charge in [-0.25, -0.2) is 13.2 Å². The van der Waals surface area contributed by atoms with Gasteiger partial charge in [-0.05, 0) is 103 Å². The molecule has 2 atom stereocenters. The monoisotopic (exact) mass is 632 g/mol. The number of nitrogens with zero attached hydrogens (tertiary/aromatic N) is 4. The van der Waals surface area contributed by atoms with Crippen molar-refractivity contribution in [2.75, 3.05) is 37.7 Å². The zero-order chi connectivity index (χ0) is 31.8. The molecule has 7 nitrogen and oxygen atoms in total. The maximum absolute atomic E-state index is 16.9. The maximum Gasteiger partial charge on any atom is 0.319 e. The smallest absolute Gasteiger partial charge is 0.319 e. The summed E-state index contributed by atoms with van der Waals surface area (Å²) in [7, 11) is 0. The van der Waals surface area contributed by atoms with Gasteiger partial charge in [0.25, 0.3) is 0 Å². The van der Waals surface area contributed by atoms with E-state index in [4.69, 9.17) is 9.72 Å². The van der Waals surface area contributed by atoms with Crippen LogP contribution in [0.3, 0.4) is 0 Å². The molecular weight excluding hydrogens is 593 g/mol. The number of halogens is 3. The molecule has 0 radical (unpaired) electrons. The molecule has 0 bridgehead atoms. The molecule has 3 aliphatic heterocycles. The van der Waals surface area contributed by atoms with Crippen LogP contribution in [0.4, 0.5) is 19.0 Å². The highest BCUT2D eigenvalue weighted by molar-refractivity contribution is 6.03. The fourth-order valence-corrected chi connectivity index (χ4v) is 9.01. The van der Waals surface area contributed by atoms with Crippen LogP contribution >= 0.6 is 0 Å². The number of ether oxygens (including phenoxy) is 1. The number of aliphatic hydroxyl groups excluding tert-OH is 1. The molecule has 1 aromatic heterocycles. The summed E-state index contributed by atoms with van der Waals surface area (Å²) in [5, 5.41) is 22.5. The van der Waals surface area contributed by atoms with Gasteiger partial charge in [0.1, 0.15) is 35.7 Å². The quantitative estimate of drug-likeness (QED) is 0.245. The SMILES string of the molecule is CCc1c(F)ccc2cc(O)cc(-c3ccc4c(N5CCCC6(CC(O)C6)C5)nc(OC[C@@]56CCCN5C[C@H](F)C6)nc4c3F)c12. The third-order valence-corrected chi connectivity index (χ3v) is 11.1. The van der Waals surface area contributed by atoms with Crippen molar-refractivity contribution in [1.82, 2.24) is 14.9 Å². The third kappa shape index (κ3) is 4.78. The molecule has 0 amide bonds. The number of anilines is 1. The second-order valence-corrected chi connectivity index (χ2v) is 14.1. The molecular formula is C36H39F3N4O3. The summed E-state index contributed by atoms with van der Waals surface area (Å²) in [6.45, 7) is 4.70. The Hall–Kier alpha value is -3.63. The van der Waals surface area contributed by atoms with E-state index in [2.05, 4.69) is 14.8 Å². The van der Waals surface area contributed by atoms with Gasteiger partial charge in [0.05, 0.1) is 11.6 Å². The molecule has 1 saturated carbocycles. The van der Waals surface area contributed by atoms with Crippen LogP contribution in [0.5, 0.6) is 11.8 Å². The largest absolute Gasteiger partial charge is 0.508 e. The number of alkyl halides is 1. The van der Waals surface area contributed by atoms with Gasteiger partial charge in [0.2, 0.25) is 0 Å². The van der Waals surface area contributed by atoms with Crippen molar-refractivity contribution < 1.29 is 28.1 Å². The van der Waals surface area contributed by atoms with E-state index in [1.165, 1.54) is 12.1 Å². The van der Waals surface area contributed by atoms with Crippen molar-refractivity contribution in [3.05, 3.63) is 53.6 Å². The summed E-state index contributed by atoms with van der Waals surface area (Å²) < 4.78 is 52.7. The minimum Gasteiger partial charge on any atom is -0.508 e. The Morgan fingerprint density at radius 2 is 1.83 bits per heavy atom. The Morgan fingerprint density at radius 1 is 1.00 bits per heavy atom. The first-order chi connectivity index (χ1) is 22.2. The lowest BCUT2D eigenvalue weighted by Crippen LogP contribution is -2.52. The second-order valence-electron chi connectivity index (χ2n) is 14.1. The first kappa shape index (κ1) is 29.8. The molecule has 10 heteroatoms. The number of aryl methyl sites for hydroxylation is 1. The number of hydrogen-bond donors (Lipinski definition) is 2. The topological polar surface area (TPSA) is 82.0 Å². The van der Waals surface area contributed by atoms with Crippen LogP contribution in [0.15, 0.2) is 36.4 Å². The molecule has 2 N–H and O–H groups in total. The Morgan fingerprint density at radius 3 is 2.63 bits per heavy atom. The van der Waals surface area contributed by atoms with Crippen LogP contribution in [-0.2, 0) is 6.42 Å².